The molecule has 0 aromatic heterocycles. The molecule has 0 radical (unpaired) electrons. The summed E-state index contributed by atoms with van der Waals surface area (Å²) >= 11 is 0. The molecule has 0 aliphatic heterocycles. The predicted octanol–water partition coefficient (Wildman–Crippen LogP) is -0.107. The Morgan fingerprint density at radius 2 is 2.23 bits per heavy atom. The van der Waals surface area contributed by atoms with Gasteiger partial charge in [-0.1, -0.05) is 18.7 Å². The van der Waals surface area contributed by atoms with E-state index in [0.717, 1.165) is 0 Å². The van der Waals surface area contributed by atoms with Crippen molar-refractivity contribution in [3.8, 4) is 0 Å². The van der Waals surface area contributed by atoms with E-state index in [2.05, 4.69) is 16.3 Å². The first-order valence-electron chi connectivity index (χ1n) is 3.67. The fourth-order valence-electron chi connectivity index (χ4n) is 0.498. The Kier molecular flexibility index (Phi) is 5.96. The highest BCUT2D eigenvalue weighted by Crippen LogP contribution is 1.89. The van der Waals surface area contributed by atoms with E-state index < -0.39 is 0 Å². The molecule has 4 N–H and O–H groups in total. The molecule has 0 heterocycles. The van der Waals surface area contributed by atoms with Crippen LogP contribution in [0.3, 0.4) is 0 Å². The predicted molar refractivity (Wildman–Crippen MR) is 50.7 cm³/mol. The van der Waals surface area contributed by atoms with Crippen molar-refractivity contribution < 1.29 is 9.53 Å². The summed E-state index contributed by atoms with van der Waals surface area (Å²) in [5.41, 5.74) is 10.1. The standard InChI is InChI=1S/C8H13N3O2/c1-2-6-13-7(12)4-3-5-11-8(9)10/h2-3,5H,1,4,6H2,(H4,9,10,11). The summed E-state index contributed by atoms with van der Waals surface area (Å²) in [7, 11) is 0. The summed E-state index contributed by atoms with van der Waals surface area (Å²) in [5.74, 6) is -0.391. The van der Waals surface area contributed by atoms with Gasteiger partial charge in [0.05, 0.1) is 6.42 Å². The van der Waals surface area contributed by atoms with E-state index in [1.807, 2.05) is 0 Å². The number of guanidine groups is 1. The van der Waals surface area contributed by atoms with Gasteiger partial charge >= 0.3 is 5.97 Å². The number of hydrogen-bond donors (Lipinski definition) is 2. The highest BCUT2D eigenvalue weighted by Gasteiger charge is 1.95. The van der Waals surface area contributed by atoms with Gasteiger partial charge in [0.1, 0.15) is 6.61 Å². The Hall–Kier alpha value is -1.78. The minimum Gasteiger partial charge on any atom is -0.461 e. The van der Waals surface area contributed by atoms with E-state index in [-0.39, 0.29) is 25.0 Å². The fourth-order valence-corrected chi connectivity index (χ4v) is 0.498. The van der Waals surface area contributed by atoms with E-state index in [9.17, 15) is 4.79 Å². The summed E-state index contributed by atoms with van der Waals surface area (Å²) in [6.45, 7) is 3.62. The van der Waals surface area contributed by atoms with Crippen LogP contribution in [0.4, 0.5) is 0 Å². The van der Waals surface area contributed by atoms with Crippen LogP contribution in [0.25, 0.3) is 0 Å². The Morgan fingerprint density at radius 1 is 1.54 bits per heavy atom. The van der Waals surface area contributed by atoms with Crippen LogP contribution in [-0.4, -0.2) is 18.5 Å². The summed E-state index contributed by atoms with van der Waals surface area (Å²) in [6, 6.07) is 0. The molecule has 0 spiro atoms. The SMILES string of the molecule is C=CCOC(=O)CC=CN=C(N)N. The molecule has 0 unspecified atom stereocenters. The first-order chi connectivity index (χ1) is 6.16. The largest absolute Gasteiger partial charge is 0.461 e. The fraction of sp³-hybridized carbons (Fsp3) is 0.250. The van der Waals surface area contributed by atoms with Gasteiger partial charge in [0, 0.05) is 6.20 Å². The second-order valence-electron chi connectivity index (χ2n) is 2.11. The quantitative estimate of drug-likeness (QED) is 0.269. The summed E-state index contributed by atoms with van der Waals surface area (Å²) in [6.07, 6.45) is 4.50. The number of carbonyl (C=O) groups excluding carboxylic acids is 1. The molecule has 0 saturated carbocycles. The van der Waals surface area contributed by atoms with E-state index in [1.54, 1.807) is 0 Å². The molecule has 0 bridgehead atoms. The maximum absolute atomic E-state index is 10.8. The van der Waals surface area contributed by atoms with Crippen LogP contribution in [0.15, 0.2) is 29.9 Å². The lowest BCUT2D eigenvalue weighted by molar-refractivity contribution is -0.141. The second-order valence-corrected chi connectivity index (χ2v) is 2.11. The smallest absolute Gasteiger partial charge is 0.310 e. The maximum atomic E-state index is 10.8. The van der Waals surface area contributed by atoms with Crippen molar-refractivity contribution >= 4 is 11.9 Å². The van der Waals surface area contributed by atoms with Gasteiger partial charge in [-0.25, -0.2) is 4.99 Å². The summed E-state index contributed by atoms with van der Waals surface area (Å²) in [4.78, 5) is 14.4. The molecular weight excluding hydrogens is 170 g/mol. The van der Waals surface area contributed by atoms with Gasteiger partial charge in [0.2, 0.25) is 0 Å². The van der Waals surface area contributed by atoms with Crippen molar-refractivity contribution in [3.63, 3.8) is 0 Å². The zero-order valence-corrected chi connectivity index (χ0v) is 7.27. The number of hydrogen-bond acceptors (Lipinski definition) is 3. The molecule has 0 rings (SSSR count). The number of ether oxygens (including phenoxy) is 1. The zero-order valence-electron chi connectivity index (χ0n) is 7.27. The van der Waals surface area contributed by atoms with Gasteiger partial charge in [-0.15, -0.1) is 0 Å². The van der Waals surface area contributed by atoms with Gasteiger partial charge in [-0.05, 0) is 0 Å². The van der Waals surface area contributed by atoms with Crippen molar-refractivity contribution in [1.82, 2.24) is 0 Å². The minimum absolute atomic E-state index is 0.0456. The minimum atomic E-state index is -0.345. The molecule has 0 fully saturated rings. The van der Waals surface area contributed by atoms with E-state index in [1.165, 1.54) is 18.4 Å². The number of rotatable bonds is 5. The highest BCUT2D eigenvalue weighted by molar-refractivity contribution is 5.76. The van der Waals surface area contributed by atoms with Crippen molar-refractivity contribution in [1.29, 1.82) is 0 Å². The van der Waals surface area contributed by atoms with Gasteiger partial charge < -0.3 is 16.2 Å². The molecule has 72 valence electrons. The first-order valence-corrected chi connectivity index (χ1v) is 3.67. The molecule has 0 amide bonds. The Morgan fingerprint density at radius 3 is 2.77 bits per heavy atom. The van der Waals surface area contributed by atoms with E-state index in [0.29, 0.717) is 0 Å². The van der Waals surface area contributed by atoms with Crippen LogP contribution >= 0.6 is 0 Å². The lowest BCUT2D eigenvalue weighted by atomic mass is 10.4. The highest BCUT2D eigenvalue weighted by atomic mass is 16.5. The molecule has 0 atom stereocenters. The van der Waals surface area contributed by atoms with E-state index in [4.69, 9.17) is 11.5 Å². The van der Waals surface area contributed by atoms with Crippen LogP contribution in [0.1, 0.15) is 6.42 Å². The van der Waals surface area contributed by atoms with E-state index >= 15 is 0 Å². The molecule has 0 aromatic rings. The number of nitrogens with two attached hydrogens (primary N) is 2. The van der Waals surface area contributed by atoms with Crippen LogP contribution in [0, 0.1) is 0 Å². The molecule has 0 saturated heterocycles. The Labute approximate surface area is 76.8 Å². The second kappa shape index (κ2) is 6.90. The number of carbonyl (C=O) groups is 1. The Balaban J connectivity index is 3.63. The summed E-state index contributed by atoms with van der Waals surface area (Å²) in [5, 5.41) is 0. The van der Waals surface area contributed by atoms with Crippen LogP contribution in [0.2, 0.25) is 0 Å². The van der Waals surface area contributed by atoms with Crippen molar-refractivity contribution in [2.24, 2.45) is 16.5 Å². The third kappa shape index (κ3) is 8.12. The molecule has 0 aliphatic rings. The topological polar surface area (TPSA) is 90.7 Å². The normalized spacial score (nSPS) is 9.54. The van der Waals surface area contributed by atoms with Crippen molar-refractivity contribution in [2.75, 3.05) is 6.61 Å². The lowest BCUT2D eigenvalue weighted by Crippen LogP contribution is -2.21. The summed E-state index contributed by atoms with van der Waals surface area (Å²) < 4.78 is 4.68. The van der Waals surface area contributed by atoms with Gasteiger partial charge in [0.25, 0.3) is 0 Å². The molecule has 5 heteroatoms. The molecular formula is C8H13N3O2. The molecule has 13 heavy (non-hydrogen) atoms. The number of nitrogens with zero attached hydrogens (tertiary/aromatic N) is 1. The lowest BCUT2D eigenvalue weighted by Gasteiger charge is -1.96. The first kappa shape index (κ1) is 11.2. The molecule has 0 aromatic carbocycles. The number of aliphatic imine (C=N–C) groups is 1. The zero-order chi connectivity index (χ0) is 10.1. The van der Waals surface area contributed by atoms with Crippen LogP contribution < -0.4 is 11.5 Å². The maximum Gasteiger partial charge on any atom is 0.310 e. The Bertz CT molecular complexity index is 230. The molecule has 0 aliphatic carbocycles. The van der Waals surface area contributed by atoms with Gasteiger partial charge in [-0.3, -0.25) is 4.79 Å². The third-order valence-corrected chi connectivity index (χ3v) is 0.976. The van der Waals surface area contributed by atoms with Gasteiger partial charge in [-0.2, -0.15) is 0 Å². The van der Waals surface area contributed by atoms with Crippen molar-refractivity contribution in [2.45, 2.75) is 6.42 Å². The third-order valence-electron chi connectivity index (χ3n) is 0.976. The number of esters is 1. The monoisotopic (exact) mass is 183 g/mol. The van der Waals surface area contributed by atoms with Crippen LogP contribution in [0.5, 0.6) is 0 Å². The van der Waals surface area contributed by atoms with Crippen molar-refractivity contribution in [3.05, 3.63) is 24.9 Å². The van der Waals surface area contributed by atoms with Gasteiger partial charge in [0.15, 0.2) is 5.96 Å². The average Bonchev–Trinajstić information content (AvgIpc) is 2.08. The average molecular weight is 183 g/mol. The molecule has 5 nitrogen and oxygen atoms in total. The van der Waals surface area contributed by atoms with Crippen LogP contribution in [-0.2, 0) is 9.53 Å².